The summed E-state index contributed by atoms with van der Waals surface area (Å²) < 4.78 is 2.96. The predicted octanol–water partition coefficient (Wildman–Crippen LogP) is 4.37. The van der Waals surface area contributed by atoms with Crippen molar-refractivity contribution in [3.05, 3.63) is 70.8 Å². The average Bonchev–Trinajstić information content (AvgIpc) is 3.04. The quantitative estimate of drug-likeness (QED) is 0.574. The zero-order valence-corrected chi connectivity index (χ0v) is 15.9. The van der Waals surface area contributed by atoms with Crippen molar-refractivity contribution in [2.75, 3.05) is 5.32 Å². The Hall–Kier alpha value is -2.99. The molecule has 27 heavy (non-hydrogen) atoms. The van der Waals surface area contributed by atoms with Crippen LogP contribution in [0.2, 0.25) is 0 Å². The number of hydrogen-bond acceptors (Lipinski definition) is 4. The lowest BCUT2D eigenvalue weighted by Gasteiger charge is -2.10. The summed E-state index contributed by atoms with van der Waals surface area (Å²) in [6, 6.07) is 15.6. The van der Waals surface area contributed by atoms with Crippen LogP contribution in [0.15, 0.2) is 59.7 Å². The summed E-state index contributed by atoms with van der Waals surface area (Å²) in [5, 5.41) is 3.83. The second kappa shape index (κ2) is 6.96. The first kappa shape index (κ1) is 17.4. The van der Waals surface area contributed by atoms with E-state index in [9.17, 15) is 9.59 Å². The number of nitrogens with zero attached hydrogens (tertiary/aromatic N) is 2. The molecule has 6 heteroatoms. The van der Waals surface area contributed by atoms with E-state index in [1.807, 2.05) is 48.5 Å². The van der Waals surface area contributed by atoms with Gasteiger partial charge in [0.25, 0.3) is 5.56 Å². The van der Waals surface area contributed by atoms with E-state index >= 15 is 0 Å². The normalized spacial score (nSPS) is 11.4. The maximum Gasteiger partial charge on any atom is 0.271 e. The molecule has 0 aliphatic heterocycles. The topological polar surface area (TPSA) is 64.0 Å². The van der Waals surface area contributed by atoms with Crippen LogP contribution in [0.4, 0.5) is 5.69 Å². The van der Waals surface area contributed by atoms with Crippen molar-refractivity contribution in [2.45, 2.75) is 26.3 Å². The molecule has 0 unspecified atom stereocenters. The SMILES string of the molecule is CC(C)c1cccc(NC(=O)Cn2cnc3c(sc4ccccc43)c2=O)c1. The molecule has 0 saturated heterocycles. The van der Waals surface area contributed by atoms with Gasteiger partial charge in [-0.25, -0.2) is 4.98 Å². The minimum Gasteiger partial charge on any atom is -0.325 e. The number of anilines is 1. The Bertz CT molecular complexity index is 1210. The first-order valence-electron chi connectivity index (χ1n) is 8.79. The third-order valence-corrected chi connectivity index (χ3v) is 5.65. The van der Waals surface area contributed by atoms with Gasteiger partial charge in [0.2, 0.25) is 5.91 Å². The molecule has 0 radical (unpaired) electrons. The van der Waals surface area contributed by atoms with Crippen molar-refractivity contribution in [2.24, 2.45) is 0 Å². The van der Waals surface area contributed by atoms with Gasteiger partial charge in [0.15, 0.2) is 0 Å². The summed E-state index contributed by atoms with van der Waals surface area (Å²) in [5.41, 5.74) is 2.39. The molecule has 2 aromatic heterocycles. The van der Waals surface area contributed by atoms with Crippen LogP contribution in [0.5, 0.6) is 0 Å². The van der Waals surface area contributed by atoms with Gasteiger partial charge in [-0.15, -0.1) is 11.3 Å². The zero-order chi connectivity index (χ0) is 19.0. The van der Waals surface area contributed by atoms with Gasteiger partial charge in [0, 0.05) is 15.8 Å². The highest BCUT2D eigenvalue weighted by atomic mass is 32.1. The molecule has 0 fully saturated rings. The highest BCUT2D eigenvalue weighted by molar-refractivity contribution is 7.25. The van der Waals surface area contributed by atoms with Gasteiger partial charge in [-0.05, 0) is 29.7 Å². The third-order valence-electron chi connectivity index (χ3n) is 4.50. The molecule has 0 aliphatic rings. The predicted molar refractivity (Wildman–Crippen MR) is 111 cm³/mol. The van der Waals surface area contributed by atoms with Gasteiger partial charge in [-0.2, -0.15) is 0 Å². The van der Waals surface area contributed by atoms with Gasteiger partial charge >= 0.3 is 0 Å². The molecule has 1 amide bonds. The van der Waals surface area contributed by atoms with Crippen LogP contribution in [0.1, 0.15) is 25.3 Å². The van der Waals surface area contributed by atoms with E-state index in [0.717, 1.165) is 21.3 Å². The van der Waals surface area contributed by atoms with Gasteiger partial charge in [0.05, 0.1) is 11.8 Å². The number of thiophene rings is 1. The van der Waals surface area contributed by atoms with Crippen LogP contribution in [0.3, 0.4) is 0 Å². The van der Waals surface area contributed by atoms with E-state index in [-0.39, 0.29) is 18.0 Å². The van der Waals surface area contributed by atoms with Gasteiger partial charge in [-0.1, -0.05) is 44.2 Å². The average molecular weight is 377 g/mol. The second-order valence-electron chi connectivity index (χ2n) is 6.78. The van der Waals surface area contributed by atoms with E-state index in [2.05, 4.69) is 24.1 Å². The van der Waals surface area contributed by atoms with Crippen molar-refractivity contribution in [1.82, 2.24) is 9.55 Å². The third kappa shape index (κ3) is 3.36. The fraction of sp³-hybridized carbons (Fsp3) is 0.190. The van der Waals surface area contributed by atoms with E-state index in [4.69, 9.17) is 0 Å². The van der Waals surface area contributed by atoms with Crippen molar-refractivity contribution in [3.63, 3.8) is 0 Å². The number of fused-ring (bicyclic) bond motifs is 3. The number of amides is 1. The van der Waals surface area contributed by atoms with Crippen molar-refractivity contribution in [1.29, 1.82) is 0 Å². The van der Waals surface area contributed by atoms with Gasteiger partial charge < -0.3 is 5.32 Å². The van der Waals surface area contributed by atoms with Crippen LogP contribution in [-0.2, 0) is 11.3 Å². The van der Waals surface area contributed by atoms with Gasteiger partial charge in [0.1, 0.15) is 11.2 Å². The number of aromatic nitrogens is 2. The fourth-order valence-corrected chi connectivity index (χ4v) is 4.16. The van der Waals surface area contributed by atoms with E-state index in [1.54, 1.807) is 0 Å². The van der Waals surface area contributed by atoms with E-state index in [1.165, 1.54) is 22.2 Å². The van der Waals surface area contributed by atoms with Crippen LogP contribution >= 0.6 is 11.3 Å². The highest BCUT2D eigenvalue weighted by Gasteiger charge is 2.13. The maximum atomic E-state index is 12.8. The molecule has 4 aromatic rings. The summed E-state index contributed by atoms with van der Waals surface area (Å²) in [7, 11) is 0. The molecule has 0 bridgehead atoms. The Morgan fingerprint density at radius 2 is 2.00 bits per heavy atom. The number of nitrogens with one attached hydrogen (secondary N) is 1. The lowest BCUT2D eigenvalue weighted by Crippen LogP contribution is -2.27. The monoisotopic (exact) mass is 377 g/mol. The first-order valence-corrected chi connectivity index (χ1v) is 9.61. The van der Waals surface area contributed by atoms with Crippen molar-refractivity contribution < 1.29 is 4.79 Å². The fourth-order valence-electron chi connectivity index (χ4n) is 3.06. The highest BCUT2D eigenvalue weighted by Crippen LogP contribution is 2.29. The molecular formula is C21H19N3O2S. The molecule has 0 saturated carbocycles. The molecule has 5 nitrogen and oxygen atoms in total. The molecular weight excluding hydrogens is 358 g/mol. The molecule has 0 aliphatic carbocycles. The summed E-state index contributed by atoms with van der Waals surface area (Å²) >= 11 is 1.41. The van der Waals surface area contributed by atoms with E-state index < -0.39 is 0 Å². The number of carbonyl (C=O) groups is 1. The van der Waals surface area contributed by atoms with Crippen molar-refractivity contribution in [3.8, 4) is 0 Å². The first-order chi connectivity index (χ1) is 13.0. The van der Waals surface area contributed by atoms with Crippen LogP contribution < -0.4 is 10.9 Å². The van der Waals surface area contributed by atoms with Crippen LogP contribution in [0, 0.1) is 0 Å². The molecule has 0 spiro atoms. The Kier molecular flexibility index (Phi) is 4.49. The number of rotatable bonds is 4. The molecule has 4 rings (SSSR count). The lowest BCUT2D eigenvalue weighted by molar-refractivity contribution is -0.116. The van der Waals surface area contributed by atoms with E-state index in [0.29, 0.717) is 16.1 Å². The Morgan fingerprint density at radius 3 is 2.81 bits per heavy atom. The Balaban J connectivity index is 1.60. The van der Waals surface area contributed by atoms with Gasteiger partial charge in [-0.3, -0.25) is 14.2 Å². The molecule has 2 heterocycles. The zero-order valence-electron chi connectivity index (χ0n) is 15.1. The summed E-state index contributed by atoms with van der Waals surface area (Å²) in [6.07, 6.45) is 1.45. The van der Waals surface area contributed by atoms with Crippen LogP contribution in [-0.4, -0.2) is 15.5 Å². The smallest absolute Gasteiger partial charge is 0.271 e. The maximum absolute atomic E-state index is 12.8. The second-order valence-corrected chi connectivity index (χ2v) is 7.83. The summed E-state index contributed by atoms with van der Waals surface area (Å²) in [5.74, 6) is 0.129. The largest absolute Gasteiger partial charge is 0.325 e. The van der Waals surface area contributed by atoms with Crippen LogP contribution in [0.25, 0.3) is 20.3 Å². The minimum absolute atomic E-state index is 0.0675. The minimum atomic E-state index is -0.250. The van der Waals surface area contributed by atoms with Crippen molar-refractivity contribution >= 4 is 43.2 Å². The Labute approximate surface area is 160 Å². The summed E-state index contributed by atoms with van der Waals surface area (Å²) in [4.78, 5) is 29.6. The summed E-state index contributed by atoms with van der Waals surface area (Å²) in [6.45, 7) is 4.14. The number of hydrogen-bond donors (Lipinski definition) is 1. The lowest BCUT2D eigenvalue weighted by atomic mass is 10.0. The standard InChI is InChI=1S/C21H19N3O2S/c1-13(2)14-6-5-7-15(10-14)23-18(25)11-24-12-22-19-16-8-3-4-9-17(16)27-20(19)21(24)26/h3-10,12-13H,11H2,1-2H3,(H,23,25). The molecule has 0 atom stereocenters. The Morgan fingerprint density at radius 1 is 1.19 bits per heavy atom. The number of benzene rings is 2. The molecule has 1 N–H and O–H groups in total. The number of carbonyl (C=O) groups excluding carboxylic acids is 1. The molecule has 2 aromatic carbocycles. The molecule has 136 valence electrons.